The summed E-state index contributed by atoms with van der Waals surface area (Å²) in [4.78, 5) is 12.4. The van der Waals surface area contributed by atoms with Crippen LogP contribution in [0.3, 0.4) is 0 Å². The normalized spacial score (nSPS) is 14.6. The number of amides is 1. The number of rotatable bonds is 5. The van der Waals surface area contributed by atoms with Gasteiger partial charge in [0, 0.05) is 6.54 Å². The van der Waals surface area contributed by atoms with Crippen LogP contribution in [0, 0.1) is 25.2 Å². The van der Waals surface area contributed by atoms with Gasteiger partial charge in [0.25, 0.3) is 0 Å². The number of carbonyl (C=O) groups excluding carboxylic acids is 1. The van der Waals surface area contributed by atoms with Crippen molar-refractivity contribution in [3.8, 4) is 0 Å². The van der Waals surface area contributed by atoms with Crippen molar-refractivity contribution in [3.05, 3.63) is 34.9 Å². The van der Waals surface area contributed by atoms with Gasteiger partial charge in [-0.15, -0.1) is 0 Å². The third kappa shape index (κ3) is 5.50. The molecule has 0 bridgehead atoms. The van der Waals surface area contributed by atoms with E-state index in [-0.39, 0.29) is 23.3 Å². The second-order valence-electron chi connectivity index (χ2n) is 7.29. The number of benzene rings is 1. The first kappa shape index (κ1) is 17.7. The first-order valence-electron chi connectivity index (χ1n) is 7.71. The fourth-order valence-electron chi connectivity index (χ4n) is 2.74. The molecule has 118 valence electrons. The monoisotopic (exact) mass is 290 g/mol. The van der Waals surface area contributed by atoms with Crippen molar-refractivity contribution in [2.75, 3.05) is 6.54 Å². The molecule has 1 rings (SSSR count). The molecule has 0 aliphatic carbocycles. The van der Waals surface area contributed by atoms with Crippen LogP contribution in [0.15, 0.2) is 18.2 Å². The average Bonchev–Trinajstić information content (AvgIpc) is 2.34. The topological polar surface area (TPSA) is 55.1 Å². The molecule has 0 saturated carbocycles. The lowest BCUT2D eigenvalue weighted by molar-refractivity contribution is -0.126. The summed E-state index contributed by atoms with van der Waals surface area (Å²) in [5.41, 5.74) is 9.50. The van der Waals surface area contributed by atoms with Crippen LogP contribution in [0.2, 0.25) is 0 Å². The Morgan fingerprint density at radius 2 is 1.90 bits per heavy atom. The minimum atomic E-state index is -0.127. The van der Waals surface area contributed by atoms with E-state index in [0.717, 1.165) is 6.42 Å². The molecule has 2 atom stereocenters. The highest BCUT2D eigenvalue weighted by Crippen LogP contribution is 2.25. The summed E-state index contributed by atoms with van der Waals surface area (Å²) in [6.45, 7) is 13.0. The molecule has 3 heteroatoms. The van der Waals surface area contributed by atoms with E-state index in [4.69, 9.17) is 5.73 Å². The summed E-state index contributed by atoms with van der Waals surface area (Å²) >= 11 is 0. The van der Waals surface area contributed by atoms with E-state index in [0.29, 0.717) is 6.54 Å². The van der Waals surface area contributed by atoms with Gasteiger partial charge in [0.05, 0.1) is 12.0 Å². The molecule has 0 spiro atoms. The van der Waals surface area contributed by atoms with Crippen LogP contribution in [-0.4, -0.2) is 12.5 Å². The van der Waals surface area contributed by atoms with E-state index in [1.54, 1.807) is 0 Å². The van der Waals surface area contributed by atoms with Gasteiger partial charge in [-0.3, -0.25) is 4.79 Å². The van der Waals surface area contributed by atoms with Gasteiger partial charge in [0.15, 0.2) is 0 Å². The van der Waals surface area contributed by atoms with E-state index in [1.165, 1.54) is 16.7 Å². The number of carbonyl (C=O) groups is 1. The minimum Gasteiger partial charge on any atom is -0.349 e. The van der Waals surface area contributed by atoms with Crippen LogP contribution >= 0.6 is 0 Å². The lowest BCUT2D eigenvalue weighted by atomic mass is 9.84. The second kappa shape index (κ2) is 7.08. The molecule has 3 nitrogen and oxygen atoms in total. The molecule has 0 fully saturated rings. The Morgan fingerprint density at radius 1 is 1.29 bits per heavy atom. The van der Waals surface area contributed by atoms with Crippen molar-refractivity contribution in [3.63, 3.8) is 0 Å². The maximum atomic E-state index is 12.4. The van der Waals surface area contributed by atoms with Gasteiger partial charge in [0.1, 0.15) is 0 Å². The van der Waals surface area contributed by atoms with E-state index in [2.05, 4.69) is 58.1 Å². The summed E-state index contributed by atoms with van der Waals surface area (Å²) < 4.78 is 0. The Labute approximate surface area is 129 Å². The van der Waals surface area contributed by atoms with Crippen molar-refractivity contribution in [1.29, 1.82) is 0 Å². The fourth-order valence-corrected chi connectivity index (χ4v) is 2.74. The van der Waals surface area contributed by atoms with Crippen LogP contribution in [0.4, 0.5) is 0 Å². The third-order valence-electron chi connectivity index (χ3n) is 3.76. The highest BCUT2D eigenvalue weighted by Gasteiger charge is 2.25. The summed E-state index contributed by atoms with van der Waals surface area (Å²) in [5.74, 6) is -0.0712. The molecule has 3 N–H and O–H groups in total. The Kier molecular flexibility index (Phi) is 5.97. The maximum Gasteiger partial charge on any atom is 0.224 e. The van der Waals surface area contributed by atoms with Crippen molar-refractivity contribution in [2.45, 2.75) is 54.0 Å². The van der Waals surface area contributed by atoms with E-state index in [1.807, 2.05) is 6.92 Å². The minimum absolute atomic E-state index is 0.00659. The summed E-state index contributed by atoms with van der Waals surface area (Å²) in [6.07, 6.45) is 0.801. The number of nitrogens with two attached hydrogens (primary N) is 1. The van der Waals surface area contributed by atoms with Crippen LogP contribution in [0.1, 0.15) is 56.8 Å². The van der Waals surface area contributed by atoms with Gasteiger partial charge in [-0.25, -0.2) is 0 Å². The predicted octanol–water partition coefficient (Wildman–Crippen LogP) is 3.49. The van der Waals surface area contributed by atoms with Gasteiger partial charge in [0.2, 0.25) is 5.91 Å². The largest absolute Gasteiger partial charge is 0.349 e. The van der Waals surface area contributed by atoms with E-state index >= 15 is 0 Å². The molecule has 1 amide bonds. The van der Waals surface area contributed by atoms with Crippen LogP contribution in [-0.2, 0) is 4.79 Å². The lowest BCUT2D eigenvalue weighted by Crippen LogP contribution is -2.38. The molecular formula is C18H30N2O. The highest BCUT2D eigenvalue weighted by atomic mass is 16.1. The van der Waals surface area contributed by atoms with Gasteiger partial charge in [-0.2, -0.15) is 0 Å². The number of hydrogen-bond acceptors (Lipinski definition) is 2. The molecule has 0 heterocycles. The van der Waals surface area contributed by atoms with Crippen molar-refractivity contribution in [1.82, 2.24) is 5.32 Å². The molecule has 1 aromatic rings. The first-order valence-corrected chi connectivity index (χ1v) is 7.71. The zero-order valence-electron chi connectivity index (χ0n) is 14.3. The molecule has 0 aliphatic heterocycles. The number of aryl methyl sites for hydroxylation is 2. The van der Waals surface area contributed by atoms with Gasteiger partial charge in [-0.05, 0) is 43.7 Å². The van der Waals surface area contributed by atoms with Crippen molar-refractivity contribution >= 4 is 5.91 Å². The highest BCUT2D eigenvalue weighted by molar-refractivity contribution is 5.79. The lowest BCUT2D eigenvalue weighted by Gasteiger charge is -2.26. The smallest absolute Gasteiger partial charge is 0.224 e. The fraction of sp³-hybridized carbons (Fsp3) is 0.611. The van der Waals surface area contributed by atoms with E-state index in [9.17, 15) is 4.79 Å². The second-order valence-corrected chi connectivity index (χ2v) is 7.29. The summed E-state index contributed by atoms with van der Waals surface area (Å²) in [7, 11) is 0. The van der Waals surface area contributed by atoms with Gasteiger partial charge in [-0.1, -0.05) is 44.5 Å². The standard InChI is InChI=1S/C18H30N2O/c1-12-7-8-16(13(2)9-12)14(3)20-17(21)15(11-19)10-18(4,5)6/h7-9,14-15H,10-11,19H2,1-6H3,(H,20,21). The number of nitrogens with one attached hydrogen (secondary N) is 1. The molecule has 2 unspecified atom stereocenters. The maximum absolute atomic E-state index is 12.4. The molecule has 0 saturated heterocycles. The summed E-state index contributed by atoms with van der Waals surface area (Å²) in [6, 6.07) is 6.33. The third-order valence-corrected chi connectivity index (χ3v) is 3.76. The first-order chi connectivity index (χ1) is 9.64. The molecule has 21 heavy (non-hydrogen) atoms. The van der Waals surface area contributed by atoms with Crippen molar-refractivity contribution < 1.29 is 4.79 Å². The average molecular weight is 290 g/mol. The zero-order chi connectivity index (χ0) is 16.2. The van der Waals surface area contributed by atoms with Gasteiger partial charge < -0.3 is 11.1 Å². The van der Waals surface area contributed by atoms with Crippen LogP contribution < -0.4 is 11.1 Å². The zero-order valence-corrected chi connectivity index (χ0v) is 14.3. The van der Waals surface area contributed by atoms with Crippen LogP contribution in [0.5, 0.6) is 0 Å². The summed E-state index contributed by atoms with van der Waals surface area (Å²) in [5, 5.41) is 3.11. The number of hydrogen-bond donors (Lipinski definition) is 2. The molecule has 0 radical (unpaired) electrons. The van der Waals surface area contributed by atoms with Crippen molar-refractivity contribution in [2.24, 2.45) is 17.1 Å². The Hall–Kier alpha value is -1.35. The quantitative estimate of drug-likeness (QED) is 0.872. The van der Waals surface area contributed by atoms with E-state index < -0.39 is 0 Å². The molecular weight excluding hydrogens is 260 g/mol. The SMILES string of the molecule is Cc1ccc(C(C)NC(=O)C(CN)CC(C)(C)C)c(C)c1. The Morgan fingerprint density at radius 3 is 2.38 bits per heavy atom. The van der Waals surface area contributed by atoms with Crippen LogP contribution in [0.25, 0.3) is 0 Å². The molecule has 1 aromatic carbocycles. The van der Waals surface area contributed by atoms with Gasteiger partial charge >= 0.3 is 0 Å². The Balaban J connectivity index is 2.76. The molecule has 0 aliphatic rings. The Bertz CT molecular complexity index is 488. The molecule has 0 aromatic heterocycles. The predicted molar refractivity (Wildman–Crippen MR) is 89.1 cm³/mol.